The molecule has 18 heavy (non-hydrogen) atoms. The standard InChI is InChI=1S/C14H19N3S/c1-3-17(10-13-5-4-8-18-13)14-9-12(11(2)15)6-7-16-14/h4-9,11H,3,10,15H2,1-2H3/t11-/m0/s1. The fourth-order valence-electron chi connectivity index (χ4n) is 1.84. The molecule has 2 aromatic rings. The summed E-state index contributed by atoms with van der Waals surface area (Å²) in [5.74, 6) is 1.00. The maximum absolute atomic E-state index is 5.92. The van der Waals surface area contributed by atoms with Crippen LogP contribution >= 0.6 is 11.3 Å². The maximum Gasteiger partial charge on any atom is 0.129 e. The topological polar surface area (TPSA) is 42.1 Å². The Bertz CT molecular complexity index is 480. The minimum absolute atomic E-state index is 0.0483. The first-order chi connectivity index (χ1) is 8.70. The quantitative estimate of drug-likeness (QED) is 0.898. The molecule has 0 radical (unpaired) electrons. The highest BCUT2D eigenvalue weighted by Crippen LogP contribution is 2.20. The van der Waals surface area contributed by atoms with Gasteiger partial charge in [-0.3, -0.25) is 0 Å². The number of nitrogens with zero attached hydrogens (tertiary/aromatic N) is 2. The Balaban J connectivity index is 2.19. The van der Waals surface area contributed by atoms with Crippen LogP contribution in [0.25, 0.3) is 0 Å². The number of rotatable bonds is 5. The average Bonchev–Trinajstić information content (AvgIpc) is 2.89. The van der Waals surface area contributed by atoms with Crippen molar-refractivity contribution < 1.29 is 0 Å². The number of aromatic nitrogens is 1. The number of anilines is 1. The van der Waals surface area contributed by atoms with Crippen LogP contribution in [0, 0.1) is 0 Å². The molecule has 0 aliphatic heterocycles. The predicted molar refractivity (Wildman–Crippen MR) is 77.9 cm³/mol. The molecule has 0 saturated heterocycles. The second-order valence-electron chi connectivity index (χ2n) is 4.33. The zero-order chi connectivity index (χ0) is 13.0. The molecule has 2 rings (SSSR count). The second kappa shape index (κ2) is 5.98. The molecule has 0 saturated carbocycles. The van der Waals surface area contributed by atoms with E-state index in [1.54, 1.807) is 11.3 Å². The molecule has 0 fully saturated rings. The summed E-state index contributed by atoms with van der Waals surface area (Å²) in [5, 5.41) is 2.11. The lowest BCUT2D eigenvalue weighted by Gasteiger charge is -2.22. The van der Waals surface area contributed by atoms with Gasteiger partial charge in [0.2, 0.25) is 0 Å². The van der Waals surface area contributed by atoms with Crippen LogP contribution < -0.4 is 10.6 Å². The van der Waals surface area contributed by atoms with E-state index in [-0.39, 0.29) is 6.04 Å². The Hall–Kier alpha value is -1.39. The highest BCUT2D eigenvalue weighted by atomic mass is 32.1. The summed E-state index contributed by atoms with van der Waals surface area (Å²) >= 11 is 1.78. The van der Waals surface area contributed by atoms with Crippen molar-refractivity contribution in [1.82, 2.24) is 4.98 Å². The molecule has 2 aromatic heterocycles. The zero-order valence-corrected chi connectivity index (χ0v) is 11.7. The van der Waals surface area contributed by atoms with Crippen molar-refractivity contribution in [3.63, 3.8) is 0 Å². The molecule has 0 spiro atoms. The summed E-state index contributed by atoms with van der Waals surface area (Å²) in [7, 11) is 0. The molecule has 2 heterocycles. The summed E-state index contributed by atoms with van der Waals surface area (Å²) in [4.78, 5) is 8.06. The predicted octanol–water partition coefficient (Wildman–Crippen LogP) is 3.19. The maximum atomic E-state index is 5.92. The van der Waals surface area contributed by atoms with E-state index in [1.807, 2.05) is 19.2 Å². The Morgan fingerprint density at radius 3 is 2.89 bits per heavy atom. The monoisotopic (exact) mass is 261 g/mol. The lowest BCUT2D eigenvalue weighted by atomic mass is 10.1. The molecule has 1 atom stereocenters. The third-order valence-corrected chi connectivity index (χ3v) is 3.79. The summed E-state index contributed by atoms with van der Waals surface area (Å²) in [6.45, 7) is 5.99. The third kappa shape index (κ3) is 3.09. The lowest BCUT2D eigenvalue weighted by molar-refractivity contribution is 0.794. The van der Waals surface area contributed by atoms with Gasteiger partial charge in [0.15, 0.2) is 0 Å². The highest BCUT2D eigenvalue weighted by Gasteiger charge is 2.09. The fourth-order valence-corrected chi connectivity index (χ4v) is 2.56. The van der Waals surface area contributed by atoms with E-state index in [4.69, 9.17) is 5.73 Å². The first-order valence-corrected chi connectivity index (χ1v) is 7.07. The molecule has 4 heteroatoms. The van der Waals surface area contributed by atoms with Crippen LogP contribution in [-0.4, -0.2) is 11.5 Å². The van der Waals surface area contributed by atoms with Crippen LogP contribution in [0.15, 0.2) is 35.8 Å². The van der Waals surface area contributed by atoms with E-state index in [0.29, 0.717) is 0 Å². The minimum atomic E-state index is 0.0483. The van der Waals surface area contributed by atoms with E-state index >= 15 is 0 Å². The van der Waals surface area contributed by atoms with Gasteiger partial charge in [-0.05, 0) is 43.0 Å². The van der Waals surface area contributed by atoms with Gasteiger partial charge in [-0.25, -0.2) is 4.98 Å². The summed E-state index contributed by atoms with van der Waals surface area (Å²) < 4.78 is 0. The molecule has 2 N–H and O–H groups in total. The largest absolute Gasteiger partial charge is 0.352 e. The Labute approximate surface area is 112 Å². The van der Waals surface area contributed by atoms with Crippen molar-refractivity contribution in [2.45, 2.75) is 26.4 Å². The van der Waals surface area contributed by atoms with Gasteiger partial charge in [-0.15, -0.1) is 11.3 Å². The van der Waals surface area contributed by atoms with E-state index in [0.717, 1.165) is 24.5 Å². The second-order valence-corrected chi connectivity index (χ2v) is 5.36. The van der Waals surface area contributed by atoms with Gasteiger partial charge in [0.05, 0.1) is 6.54 Å². The van der Waals surface area contributed by atoms with Gasteiger partial charge in [-0.1, -0.05) is 6.07 Å². The van der Waals surface area contributed by atoms with Crippen molar-refractivity contribution in [1.29, 1.82) is 0 Å². The van der Waals surface area contributed by atoms with Crippen LogP contribution in [0.3, 0.4) is 0 Å². The Morgan fingerprint density at radius 1 is 1.44 bits per heavy atom. The van der Waals surface area contributed by atoms with Crippen LogP contribution in [0.1, 0.15) is 30.3 Å². The van der Waals surface area contributed by atoms with Gasteiger partial charge in [-0.2, -0.15) is 0 Å². The minimum Gasteiger partial charge on any atom is -0.352 e. The normalized spacial score (nSPS) is 12.4. The molecule has 0 amide bonds. The first-order valence-electron chi connectivity index (χ1n) is 6.19. The molecule has 0 aliphatic rings. The molecule has 0 bridgehead atoms. The summed E-state index contributed by atoms with van der Waals surface area (Å²) in [5.41, 5.74) is 7.05. The summed E-state index contributed by atoms with van der Waals surface area (Å²) in [6, 6.07) is 8.35. The lowest BCUT2D eigenvalue weighted by Crippen LogP contribution is -2.23. The van der Waals surface area contributed by atoms with Crippen LogP contribution in [0.2, 0.25) is 0 Å². The molecule has 3 nitrogen and oxygen atoms in total. The summed E-state index contributed by atoms with van der Waals surface area (Å²) in [6.07, 6.45) is 1.84. The molecule has 0 aliphatic carbocycles. The van der Waals surface area contributed by atoms with Gasteiger partial charge in [0, 0.05) is 23.7 Å². The molecule has 96 valence electrons. The van der Waals surface area contributed by atoms with Gasteiger partial charge >= 0.3 is 0 Å². The zero-order valence-electron chi connectivity index (χ0n) is 10.8. The number of pyridine rings is 1. The molecular formula is C14H19N3S. The van der Waals surface area contributed by atoms with Crippen LogP contribution in [0.4, 0.5) is 5.82 Å². The van der Waals surface area contributed by atoms with E-state index < -0.39 is 0 Å². The first kappa shape index (κ1) is 13.1. The van der Waals surface area contributed by atoms with Crippen molar-refractivity contribution in [2.24, 2.45) is 5.73 Å². The van der Waals surface area contributed by atoms with E-state index in [2.05, 4.69) is 40.4 Å². The number of nitrogens with two attached hydrogens (primary N) is 1. The van der Waals surface area contributed by atoms with Crippen molar-refractivity contribution in [3.8, 4) is 0 Å². The SMILES string of the molecule is CCN(Cc1cccs1)c1cc([C@H](C)N)ccn1. The van der Waals surface area contributed by atoms with Gasteiger partial charge in [0.25, 0.3) is 0 Å². The van der Waals surface area contributed by atoms with Crippen LogP contribution in [-0.2, 0) is 6.54 Å². The van der Waals surface area contributed by atoms with Gasteiger partial charge < -0.3 is 10.6 Å². The van der Waals surface area contributed by atoms with Crippen LogP contribution in [0.5, 0.6) is 0 Å². The van der Waals surface area contributed by atoms with E-state index in [1.165, 1.54) is 4.88 Å². The van der Waals surface area contributed by atoms with Gasteiger partial charge in [0.1, 0.15) is 5.82 Å². The average molecular weight is 261 g/mol. The Morgan fingerprint density at radius 2 is 2.28 bits per heavy atom. The Kier molecular flexibility index (Phi) is 4.33. The van der Waals surface area contributed by atoms with Crippen molar-refractivity contribution in [3.05, 3.63) is 46.3 Å². The highest BCUT2D eigenvalue weighted by molar-refractivity contribution is 7.09. The molecular weight excluding hydrogens is 242 g/mol. The number of hydrogen-bond donors (Lipinski definition) is 1. The van der Waals surface area contributed by atoms with Crippen molar-refractivity contribution >= 4 is 17.2 Å². The number of thiophene rings is 1. The third-order valence-electron chi connectivity index (χ3n) is 2.93. The van der Waals surface area contributed by atoms with E-state index in [9.17, 15) is 0 Å². The molecule has 0 unspecified atom stereocenters. The fraction of sp³-hybridized carbons (Fsp3) is 0.357. The smallest absolute Gasteiger partial charge is 0.129 e. The molecule has 0 aromatic carbocycles. The number of hydrogen-bond acceptors (Lipinski definition) is 4. The van der Waals surface area contributed by atoms with Crippen molar-refractivity contribution in [2.75, 3.05) is 11.4 Å².